The van der Waals surface area contributed by atoms with Crippen molar-refractivity contribution in [3.8, 4) is 0 Å². The summed E-state index contributed by atoms with van der Waals surface area (Å²) in [6.07, 6.45) is 1.34. The van der Waals surface area contributed by atoms with Gasteiger partial charge in [-0.1, -0.05) is 19.1 Å². The Kier molecular flexibility index (Phi) is 5.06. The highest BCUT2D eigenvalue weighted by Crippen LogP contribution is 2.26. The number of ether oxygens (including phenoxy) is 1. The minimum Gasteiger partial charge on any atom is -0.382 e. The van der Waals surface area contributed by atoms with Crippen molar-refractivity contribution in [2.75, 3.05) is 26.0 Å². The molecule has 1 aliphatic heterocycles. The SMILES string of the molecule is CO[C@H](C)c1cccc(N[C@@H]2C[C@H](C)N(C)C[C@@H]2C)c1. The molecule has 0 radical (unpaired) electrons. The minimum absolute atomic E-state index is 0.144. The maximum atomic E-state index is 5.40. The Bertz CT molecular complexity index is 435. The van der Waals surface area contributed by atoms with E-state index in [1.807, 2.05) is 0 Å². The van der Waals surface area contributed by atoms with E-state index in [4.69, 9.17) is 4.74 Å². The summed E-state index contributed by atoms with van der Waals surface area (Å²) in [5, 5.41) is 3.72. The minimum atomic E-state index is 0.144. The maximum absolute atomic E-state index is 5.40. The average molecular weight is 276 g/mol. The van der Waals surface area contributed by atoms with Crippen LogP contribution in [0.5, 0.6) is 0 Å². The Labute approximate surface area is 123 Å². The van der Waals surface area contributed by atoms with Gasteiger partial charge in [0.25, 0.3) is 0 Å². The zero-order valence-corrected chi connectivity index (χ0v) is 13.4. The van der Waals surface area contributed by atoms with Crippen LogP contribution in [-0.2, 0) is 4.74 Å². The second-order valence-corrected chi connectivity index (χ2v) is 6.26. The molecule has 112 valence electrons. The Balaban J connectivity index is 2.06. The van der Waals surface area contributed by atoms with Gasteiger partial charge < -0.3 is 15.0 Å². The van der Waals surface area contributed by atoms with Gasteiger partial charge in [-0.2, -0.15) is 0 Å². The molecule has 1 N–H and O–H groups in total. The summed E-state index contributed by atoms with van der Waals surface area (Å²) < 4.78 is 5.40. The number of rotatable bonds is 4. The number of hydrogen-bond donors (Lipinski definition) is 1. The molecular formula is C17H28N2O. The monoisotopic (exact) mass is 276 g/mol. The van der Waals surface area contributed by atoms with Crippen LogP contribution in [0.25, 0.3) is 0 Å². The van der Waals surface area contributed by atoms with Crippen LogP contribution in [-0.4, -0.2) is 37.7 Å². The Morgan fingerprint density at radius 2 is 2.10 bits per heavy atom. The molecule has 1 aliphatic rings. The summed E-state index contributed by atoms with van der Waals surface area (Å²) in [4.78, 5) is 2.45. The Hall–Kier alpha value is -1.06. The van der Waals surface area contributed by atoms with Gasteiger partial charge in [-0.15, -0.1) is 0 Å². The van der Waals surface area contributed by atoms with Crippen LogP contribution in [0, 0.1) is 5.92 Å². The molecule has 2 rings (SSSR count). The molecule has 0 unspecified atom stereocenters. The predicted molar refractivity (Wildman–Crippen MR) is 85.1 cm³/mol. The molecule has 3 heteroatoms. The molecule has 1 aromatic rings. The van der Waals surface area contributed by atoms with Gasteiger partial charge in [-0.3, -0.25) is 0 Å². The standard InChI is InChI=1S/C17H28N2O/c1-12-11-19(4)13(2)9-17(12)18-16-8-6-7-15(10-16)14(3)20-5/h6-8,10,12-14,17-18H,9,11H2,1-5H3/t12-,13-,14+,17+/m0/s1. The fourth-order valence-electron chi connectivity index (χ4n) is 2.97. The van der Waals surface area contributed by atoms with Crippen molar-refractivity contribution in [2.24, 2.45) is 5.92 Å². The lowest BCUT2D eigenvalue weighted by Crippen LogP contribution is -2.48. The number of likely N-dealkylation sites (tertiary alicyclic amines) is 1. The summed E-state index contributed by atoms with van der Waals surface area (Å²) in [7, 11) is 3.98. The van der Waals surface area contributed by atoms with E-state index in [1.54, 1.807) is 7.11 Å². The molecule has 4 atom stereocenters. The number of nitrogens with one attached hydrogen (secondary N) is 1. The van der Waals surface area contributed by atoms with Gasteiger partial charge in [-0.05, 0) is 50.9 Å². The van der Waals surface area contributed by atoms with Crippen molar-refractivity contribution in [2.45, 2.75) is 45.4 Å². The fourth-order valence-corrected chi connectivity index (χ4v) is 2.97. The first-order valence-corrected chi connectivity index (χ1v) is 7.60. The predicted octanol–water partition coefficient (Wildman–Crippen LogP) is 3.53. The van der Waals surface area contributed by atoms with E-state index in [0.717, 1.165) is 6.54 Å². The number of anilines is 1. The molecule has 1 heterocycles. The summed E-state index contributed by atoms with van der Waals surface area (Å²) in [5.41, 5.74) is 2.44. The van der Waals surface area contributed by atoms with E-state index >= 15 is 0 Å². The van der Waals surface area contributed by atoms with Crippen LogP contribution in [0.2, 0.25) is 0 Å². The van der Waals surface area contributed by atoms with Gasteiger partial charge in [0.2, 0.25) is 0 Å². The summed E-state index contributed by atoms with van der Waals surface area (Å²) >= 11 is 0. The Morgan fingerprint density at radius 3 is 2.80 bits per heavy atom. The van der Waals surface area contributed by atoms with Gasteiger partial charge in [0, 0.05) is 31.4 Å². The largest absolute Gasteiger partial charge is 0.382 e. The number of methoxy groups -OCH3 is 1. The van der Waals surface area contributed by atoms with Crippen LogP contribution in [0.3, 0.4) is 0 Å². The summed E-state index contributed by atoms with van der Waals surface area (Å²) in [6, 6.07) is 9.79. The second-order valence-electron chi connectivity index (χ2n) is 6.26. The van der Waals surface area contributed by atoms with E-state index in [1.165, 1.54) is 17.7 Å². The van der Waals surface area contributed by atoms with Crippen molar-refractivity contribution >= 4 is 5.69 Å². The average Bonchev–Trinajstić information content (AvgIpc) is 2.44. The molecule has 1 fully saturated rings. The third-order valence-corrected chi connectivity index (χ3v) is 4.67. The molecule has 0 aromatic heterocycles. The van der Waals surface area contributed by atoms with Crippen molar-refractivity contribution in [3.63, 3.8) is 0 Å². The first-order chi connectivity index (χ1) is 9.51. The summed E-state index contributed by atoms with van der Waals surface area (Å²) in [5.74, 6) is 0.666. The van der Waals surface area contributed by atoms with Crippen molar-refractivity contribution in [1.82, 2.24) is 4.90 Å². The summed E-state index contributed by atoms with van der Waals surface area (Å²) in [6.45, 7) is 7.89. The second kappa shape index (κ2) is 6.59. The van der Waals surface area contributed by atoms with E-state index < -0.39 is 0 Å². The normalized spacial score (nSPS) is 29.1. The lowest BCUT2D eigenvalue weighted by Gasteiger charge is -2.40. The zero-order valence-electron chi connectivity index (χ0n) is 13.4. The van der Waals surface area contributed by atoms with Crippen molar-refractivity contribution in [3.05, 3.63) is 29.8 Å². The van der Waals surface area contributed by atoms with Crippen molar-refractivity contribution < 1.29 is 4.74 Å². The van der Waals surface area contributed by atoms with Gasteiger partial charge in [-0.25, -0.2) is 0 Å². The molecule has 0 saturated carbocycles. The molecule has 1 saturated heterocycles. The molecule has 20 heavy (non-hydrogen) atoms. The number of hydrogen-bond acceptors (Lipinski definition) is 3. The number of piperidine rings is 1. The van der Waals surface area contributed by atoms with Gasteiger partial charge in [0.05, 0.1) is 6.10 Å². The van der Waals surface area contributed by atoms with Crippen LogP contribution in [0.4, 0.5) is 5.69 Å². The number of benzene rings is 1. The smallest absolute Gasteiger partial charge is 0.0793 e. The van der Waals surface area contributed by atoms with Crippen LogP contribution in [0.15, 0.2) is 24.3 Å². The molecule has 0 aliphatic carbocycles. The molecule has 3 nitrogen and oxygen atoms in total. The first kappa shape index (κ1) is 15.3. The molecule has 0 amide bonds. The van der Waals surface area contributed by atoms with E-state index in [0.29, 0.717) is 18.0 Å². The Morgan fingerprint density at radius 1 is 1.35 bits per heavy atom. The lowest BCUT2D eigenvalue weighted by atomic mass is 9.89. The molecule has 0 spiro atoms. The van der Waals surface area contributed by atoms with E-state index in [-0.39, 0.29) is 6.10 Å². The highest BCUT2D eigenvalue weighted by atomic mass is 16.5. The fraction of sp³-hybridized carbons (Fsp3) is 0.647. The van der Waals surface area contributed by atoms with Crippen LogP contribution < -0.4 is 5.32 Å². The van der Waals surface area contributed by atoms with Gasteiger partial charge in [0.15, 0.2) is 0 Å². The van der Waals surface area contributed by atoms with Crippen LogP contribution in [0.1, 0.15) is 38.9 Å². The van der Waals surface area contributed by atoms with Crippen molar-refractivity contribution in [1.29, 1.82) is 0 Å². The van der Waals surface area contributed by atoms with Gasteiger partial charge >= 0.3 is 0 Å². The lowest BCUT2D eigenvalue weighted by molar-refractivity contribution is 0.119. The number of nitrogens with zero attached hydrogens (tertiary/aromatic N) is 1. The molecular weight excluding hydrogens is 248 g/mol. The quantitative estimate of drug-likeness (QED) is 0.910. The van der Waals surface area contributed by atoms with E-state index in [2.05, 4.69) is 62.3 Å². The van der Waals surface area contributed by atoms with E-state index in [9.17, 15) is 0 Å². The first-order valence-electron chi connectivity index (χ1n) is 7.60. The molecule has 0 bridgehead atoms. The third-order valence-electron chi connectivity index (χ3n) is 4.67. The van der Waals surface area contributed by atoms with Crippen LogP contribution >= 0.6 is 0 Å². The highest BCUT2D eigenvalue weighted by Gasteiger charge is 2.28. The van der Waals surface area contributed by atoms with Gasteiger partial charge in [0.1, 0.15) is 0 Å². The maximum Gasteiger partial charge on any atom is 0.0793 e. The highest BCUT2D eigenvalue weighted by molar-refractivity contribution is 5.47. The molecule has 1 aromatic carbocycles. The topological polar surface area (TPSA) is 24.5 Å². The zero-order chi connectivity index (χ0) is 14.7. The third kappa shape index (κ3) is 3.53.